The van der Waals surface area contributed by atoms with Gasteiger partial charge in [0.05, 0.1) is 25.6 Å². The number of fused-ring (bicyclic) bond motifs is 1. The molecule has 0 saturated carbocycles. The van der Waals surface area contributed by atoms with Crippen molar-refractivity contribution in [1.82, 2.24) is 19.8 Å². The Hall–Kier alpha value is -3.26. The molecule has 176 valence electrons. The number of carbonyl (C=O) groups is 2. The molecule has 2 aromatic rings. The second-order valence-corrected chi connectivity index (χ2v) is 8.56. The highest BCUT2D eigenvalue weighted by Gasteiger charge is 2.34. The van der Waals surface area contributed by atoms with E-state index < -0.39 is 0 Å². The van der Waals surface area contributed by atoms with Crippen LogP contribution in [0, 0.1) is 5.92 Å². The van der Waals surface area contributed by atoms with Crippen molar-refractivity contribution >= 4 is 17.9 Å². The van der Waals surface area contributed by atoms with Crippen LogP contribution in [0.1, 0.15) is 42.3 Å². The number of allylic oxidation sites excluding steroid dienone is 1. The summed E-state index contributed by atoms with van der Waals surface area (Å²) in [5.41, 5.74) is 1.99. The van der Waals surface area contributed by atoms with Gasteiger partial charge in [0.25, 0.3) is 5.91 Å². The number of aliphatic hydroxyl groups excluding tert-OH is 1. The first-order valence-electron chi connectivity index (χ1n) is 11.2. The smallest absolute Gasteiger partial charge is 0.259 e. The minimum absolute atomic E-state index is 0.0471. The first-order valence-corrected chi connectivity index (χ1v) is 11.2. The van der Waals surface area contributed by atoms with Gasteiger partial charge in [-0.3, -0.25) is 14.6 Å². The van der Waals surface area contributed by atoms with E-state index in [0.717, 1.165) is 11.1 Å². The van der Waals surface area contributed by atoms with Crippen LogP contribution < -0.4 is 4.74 Å². The third-order valence-electron chi connectivity index (χ3n) is 5.86. The lowest BCUT2D eigenvalue weighted by atomic mass is 9.99. The molecule has 1 aliphatic rings. The summed E-state index contributed by atoms with van der Waals surface area (Å²) < 4.78 is 6.23. The zero-order chi connectivity index (χ0) is 24.0. The quantitative estimate of drug-likeness (QED) is 0.693. The second-order valence-electron chi connectivity index (χ2n) is 8.56. The maximum Gasteiger partial charge on any atom is 0.259 e. The van der Waals surface area contributed by atoms with Crippen molar-refractivity contribution in [2.45, 2.75) is 39.3 Å². The number of pyridine rings is 2. The molecule has 33 heavy (non-hydrogen) atoms. The van der Waals surface area contributed by atoms with Gasteiger partial charge in [0.2, 0.25) is 11.8 Å². The number of ether oxygens (including phenoxy) is 1. The molecule has 1 N–H and O–H groups in total. The Balaban J connectivity index is 1.87. The molecule has 0 spiro atoms. The van der Waals surface area contributed by atoms with E-state index in [1.54, 1.807) is 47.6 Å². The van der Waals surface area contributed by atoms with Crippen molar-refractivity contribution in [3.8, 4) is 5.88 Å². The van der Waals surface area contributed by atoms with E-state index in [4.69, 9.17) is 4.74 Å². The fourth-order valence-corrected chi connectivity index (χ4v) is 3.80. The number of likely N-dealkylation sites (N-methyl/N-ethyl adjacent to an activating group) is 1. The zero-order valence-corrected chi connectivity index (χ0v) is 19.6. The largest absolute Gasteiger partial charge is 0.472 e. The highest BCUT2D eigenvalue weighted by Crippen LogP contribution is 2.27. The van der Waals surface area contributed by atoms with Gasteiger partial charge in [-0.05, 0) is 37.1 Å². The summed E-state index contributed by atoms with van der Waals surface area (Å²) in [6.07, 6.45) is 8.63. The summed E-state index contributed by atoms with van der Waals surface area (Å²) in [6, 6.07) is 5.07. The highest BCUT2D eigenvalue weighted by atomic mass is 16.5. The van der Waals surface area contributed by atoms with Gasteiger partial charge in [0.15, 0.2) is 0 Å². The fraction of sp³-hybridized carbons (Fsp3) is 0.440. The SMILES string of the molecule is C/C=C/c1cnc2c(c1)C(=O)N([C@H](C)CO)C[C@H](C)[C@@H](CN(C)C(=O)Cc1cccnc1)O2. The average molecular weight is 453 g/mol. The van der Waals surface area contributed by atoms with Gasteiger partial charge in [-0.2, -0.15) is 0 Å². The minimum atomic E-state index is -0.381. The van der Waals surface area contributed by atoms with Gasteiger partial charge in [-0.1, -0.05) is 25.1 Å². The standard InChI is InChI=1S/C25H32N4O4/c1-5-7-19-10-21-24(27-13-19)33-22(17(2)14-29(25(21)32)18(3)16-30)15-28(4)23(31)11-20-8-6-9-26-12-20/h5-10,12-13,17-18,22,30H,11,14-16H2,1-4H3/b7-5+/t17-,18+,22+/m0/s1. The van der Waals surface area contributed by atoms with E-state index in [-0.39, 0.29) is 48.8 Å². The van der Waals surface area contributed by atoms with E-state index in [1.165, 1.54) is 0 Å². The molecule has 3 rings (SSSR count). The van der Waals surface area contributed by atoms with E-state index in [1.807, 2.05) is 39.0 Å². The van der Waals surface area contributed by atoms with Crippen LogP contribution in [0.2, 0.25) is 0 Å². The molecule has 2 aromatic heterocycles. The summed E-state index contributed by atoms with van der Waals surface area (Å²) in [4.78, 5) is 37.9. The van der Waals surface area contributed by atoms with Crippen molar-refractivity contribution in [3.63, 3.8) is 0 Å². The topological polar surface area (TPSA) is 95.9 Å². The second kappa shape index (κ2) is 11.0. The molecule has 0 bridgehead atoms. The van der Waals surface area contributed by atoms with Gasteiger partial charge in [-0.25, -0.2) is 4.98 Å². The van der Waals surface area contributed by atoms with Gasteiger partial charge >= 0.3 is 0 Å². The Morgan fingerprint density at radius 2 is 2.21 bits per heavy atom. The highest BCUT2D eigenvalue weighted by molar-refractivity contribution is 5.97. The third-order valence-corrected chi connectivity index (χ3v) is 5.86. The van der Waals surface area contributed by atoms with E-state index in [2.05, 4.69) is 9.97 Å². The molecule has 0 fully saturated rings. The van der Waals surface area contributed by atoms with Crippen LogP contribution in [-0.2, 0) is 11.2 Å². The summed E-state index contributed by atoms with van der Waals surface area (Å²) in [5.74, 6) is -0.124. The Morgan fingerprint density at radius 1 is 1.42 bits per heavy atom. The first-order chi connectivity index (χ1) is 15.8. The Kier molecular flexibility index (Phi) is 8.16. The maximum atomic E-state index is 13.3. The molecule has 0 aliphatic carbocycles. The fourth-order valence-electron chi connectivity index (χ4n) is 3.80. The van der Waals surface area contributed by atoms with E-state index >= 15 is 0 Å². The zero-order valence-electron chi connectivity index (χ0n) is 19.6. The van der Waals surface area contributed by atoms with Crippen LogP contribution >= 0.6 is 0 Å². The molecule has 8 nitrogen and oxygen atoms in total. The molecule has 2 amide bonds. The molecule has 3 atom stereocenters. The molecular weight excluding hydrogens is 420 g/mol. The van der Waals surface area contributed by atoms with Crippen molar-refractivity contribution in [2.75, 3.05) is 26.7 Å². The molecule has 1 aliphatic heterocycles. The number of nitrogens with zero attached hydrogens (tertiary/aromatic N) is 4. The maximum absolute atomic E-state index is 13.3. The number of hydrogen-bond acceptors (Lipinski definition) is 6. The summed E-state index contributed by atoms with van der Waals surface area (Å²) in [6.45, 7) is 6.27. The molecular formula is C25H32N4O4. The number of aliphatic hydroxyl groups is 1. The number of rotatable bonds is 7. The Labute approximate surface area is 194 Å². The minimum Gasteiger partial charge on any atom is -0.472 e. The number of aromatic nitrogens is 2. The first kappa shape index (κ1) is 24.4. The van der Waals surface area contributed by atoms with Crippen molar-refractivity contribution in [2.24, 2.45) is 5.92 Å². The number of carbonyl (C=O) groups excluding carboxylic acids is 2. The van der Waals surface area contributed by atoms with Gasteiger partial charge in [-0.15, -0.1) is 0 Å². The third kappa shape index (κ3) is 5.96. The number of hydrogen-bond donors (Lipinski definition) is 1. The van der Waals surface area contributed by atoms with Crippen LogP contribution in [0.15, 0.2) is 42.9 Å². The molecule has 0 saturated heterocycles. The molecule has 0 radical (unpaired) electrons. The average Bonchev–Trinajstić information content (AvgIpc) is 2.82. The van der Waals surface area contributed by atoms with E-state index in [9.17, 15) is 14.7 Å². The van der Waals surface area contributed by atoms with Crippen LogP contribution in [0.5, 0.6) is 5.88 Å². The lowest BCUT2D eigenvalue weighted by molar-refractivity contribution is -0.130. The summed E-state index contributed by atoms with van der Waals surface area (Å²) >= 11 is 0. The lowest BCUT2D eigenvalue weighted by Gasteiger charge is -2.37. The van der Waals surface area contributed by atoms with Crippen LogP contribution in [0.25, 0.3) is 6.08 Å². The number of amides is 2. The van der Waals surface area contributed by atoms with E-state index in [0.29, 0.717) is 18.7 Å². The van der Waals surface area contributed by atoms with Crippen LogP contribution in [0.3, 0.4) is 0 Å². The van der Waals surface area contributed by atoms with Gasteiger partial charge < -0.3 is 19.6 Å². The van der Waals surface area contributed by atoms with Crippen molar-refractivity contribution in [1.29, 1.82) is 0 Å². The van der Waals surface area contributed by atoms with Crippen molar-refractivity contribution in [3.05, 3.63) is 59.6 Å². The van der Waals surface area contributed by atoms with Gasteiger partial charge in [0, 0.05) is 38.1 Å². The summed E-state index contributed by atoms with van der Waals surface area (Å²) in [5, 5.41) is 9.75. The normalized spacial score (nSPS) is 19.4. The Morgan fingerprint density at radius 3 is 2.88 bits per heavy atom. The van der Waals surface area contributed by atoms with Gasteiger partial charge in [0.1, 0.15) is 11.7 Å². The predicted molar refractivity (Wildman–Crippen MR) is 126 cm³/mol. The monoisotopic (exact) mass is 452 g/mol. The summed E-state index contributed by atoms with van der Waals surface area (Å²) in [7, 11) is 1.75. The van der Waals surface area contributed by atoms with Crippen molar-refractivity contribution < 1.29 is 19.4 Å². The Bertz CT molecular complexity index is 995. The molecule has 0 unspecified atom stereocenters. The molecule has 3 heterocycles. The molecule has 0 aromatic carbocycles. The molecule has 8 heteroatoms. The van der Waals surface area contributed by atoms with Crippen LogP contribution in [-0.4, -0.2) is 75.6 Å². The predicted octanol–water partition coefficient (Wildman–Crippen LogP) is 2.43. The lowest BCUT2D eigenvalue weighted by Crippen LogP contribution is -2.50. The van der Waals surface area contributed by atoms with Crippen LogP contribution in [0.4, 0.5) is 0 Å².